The summed E-state index contributed by atoms with van der Waals surface area (Å²) in [4.78, 5) is 30.4. The zero-order valence-corrected chi connectivity index (χ0v) is 17.0. The van der Waals surface area contributed by atoms with Crippen LogP contribution in [-0.2, 0) is 9.53 Å². The summed E-state index contributed by atoms with van der Waals surface area (Å²) in [5.41, 5.74) is -0.0855. The van der Waals surface area contributed by atoms with Crippen molar-refractivity contribution in [3.05, 3.63) is 35.9 Å². The van der Waals surface area contributed by atoms with Gasteiger partial charge in [0.25, 0.3) is 12.3 Å². The van der Waals surface area contributed by atoms with Gasteiger partial charge >= 0.3 is 0 Å². The van der Waals surface area contributed by atoms with E-state index < -0.39 is 18.0 Å². The smallest absolute Gasteiger partial charge is 0.284 e. The summed E-state index contributed by atoms with van der Waals surface area (Å²) in [5, 5.41) is 10.6. The molecule has 0 atom stereocenters. The van der Waals surface area contributed by atoms with Crippen molar-refractivity contribution in [3.63, 3.8) is 0 Å². The summed E-state index contributed by atoms with van der Waals surface area (Å²) >= 11 is 0. The normalized spacial score (nSPS) is 21.0. The number of anilines is 2. The van der Waals surface area contributed by atoms with Crippen LogP contribution in [0.3, 0.4) is 0 Å². The van der Waals surface area contributed by atoms with Gasteiger partial charge in [0, 0.05) is 31.4 Å². The van der Waals surface area contributed by atoms with E-state index in [1.165, 1.54) is 21.6 Å². The number of hydrogen-bond acceptors (Lipinski definition) is 7. The molecular weight excluding hydrogens is 424 g/mol. The molecule has 12 heteroatoms. The molecule has 3 aromatic heterocycles. The third-order valence-corrected chi connectivity index (χ3v) is 5.87. The predicted octanol–water partition coefficient (Wildman–Crippen LogP) is 2.10. The van der Waals surface area contributed by atoms with Crippen LogP contribution in [0.15, 0.2) is 24.7 Å². The number of hydrogen-bond donors (Lipinski definition) is 1. The van der Waals surface area contributed by atoms with Crippen molar-refractivity contribution in [2.24, 2.45) is 5.92 Å². The SMILES string of the molecule is O=C[C@H]1C[C@H](n2cc(NC(=O)c3cnn4ccc(N5CCOCC5)nc34)c(C(F)F)n2)C1. The molecule has 1 aliphatic carbocycles. The number of rotatable bonds is 6. The fourth-order valence-corrected chi connectivity index (χ4v) is 3.98. The molecule has 1 saturated heterocycles. The second-order valence-electron chi connectivity index (χ2n) is 7.90. The number of aldehydes is 1. The lowest BCUT2D eigenvalue weighted by Gasteiger charge is -2.31. The van der Waals surface area contributed by atoms with Crippen molar-refractivity contribution in [1.29, 1.82) is 0 Å². The Kier molecular flexibility index (Phi) is 5.29. The number of amides is 1. The highest BCUT2D eigenvalue weighted by Gasteiger charge is 2.33. The maximum atomic E-state index is 13.5. The molecule has 0 bridgehead atoms. The second-order valence-corrected chi connectivity index (χ2v) is 7.90. The Morgan fingerprint density at radius 3 is 2.78 bits per heavy atom. The van der Waals surface area contributed by atoms with Gasteiger partial charge in [-0.1, -0.05) is 0 Å². The number of aromatic nitrogens is 5. The maximum absolute atomic E-state index is 13.5. The summed E-state index contributed by atoms with van der Waals surface area (Å²) in [6.45, 7) is 2.55. The van der Waals surface area contributed by atoms with Gasteiger partial charge in [0.05, 0.1) is 31.1 Å². The minimum atomic E-state index is -2.86. The highest BCUT2D eigenvalue weighted by atomic mass is 19.3. The van der Waals surface area contributed by atoms with E-state index in [0.29, 0.717) is 50.6 Å². The Bertz CT molecular complexity index is 1150. The molecule has 2 aliphatic rings. The highest BCUT2D eigenvalue weighted by molar-refractivity contribution is 6.08. The van der Waals surface area contributed by atoms with E-state index in [-0.39, 0.29) is 23.2 Å². The predicted molar refractivity (Wildman–Crippen MR) is 109 cm³/mol. The van der Waals surface area contributed by atoms with E-state index in [2.05, 4.69) is 20.5 Å². The van der Waals surface area contributed by atoms with Gasteiger partial charge in [-0.05, 0) is 18.9 Å². The molecule has 4 heterocycles. The molecule has 0 unspecified atom stereocenters. The van der Waals surface area contributed by atoms with Crippen LogP contribution < -0.4 is 10.2 Å². The first-order chi connectivity index (χ1) is 15.5. The number of morpholine rings is 1. The Morgan fingerprint density at radius 1 is 1.28 bits per heavy atom. The molecule has 1 amide bonds. The van der Waals surface area contributed by atoms with Crippen LogP contribution in [0.25, 0.3) is 5.65 Å². The average molecular weight is 445 g/mol. The number of halogens is 2. The van der Waals surface area contributed by atoms with E-state index >= 15 is 0 Å². The second kappa shape index (κ2) is 8.26. The summed E-state index contributed by atoms with van der Waals surface area (Å²) in [7, 11) is 0. The number of nitrogens with zero attached hydrogens (tertiary/aromatic N) is 6. The van der Waals surface area contributed by atoms with Crippen LogP contribution >= 0.6 is 0 Å². The number of carbonyl (C=O) groups is 2. The number of alkyl halides is 2. The Balaban J connectivity index is 1.40. The van der Waals surface area contributed by atoms with Crippen molar-refractivity contribution >= 4 is 29.3 Å². The zero-order valence-electron chi connectivity index (χ0n) is 17.0. The van der Waals surface area contributed by atoms with Crippen molar-refractivity contribution in [3.8, 4) is 0 Å². The molecule has 0 aromatic carbocycles. The van der Waals surface area contributed by atoms with E-state index in [0.717, 1.165) is 6.29 Å². The van der Waals surface area contributed by atoms with Gasteiger partial charge in [0.1, 0.15) is 17.7 Å². The summed E-state index contributed by atoms with van der Waals surface area (Å²) in [6.07, 6.45) is 3.54. The Morgan fingerprint density at radius 2 is 2.06 bits per heavy atom. The number of nitrogens with one attached hydrogen (secondary N) is 1. The molecule has 5 rings (SSSR count). The lowest BCUT2D eigenvalue weighted by atomic mass is 9.81. The minimum Gasteiger partial charge on any atom is -0.378 e. The monoisotopic (exact) mass is 445 g/mol. The third kappa shape index (κ3) is 3.70. The van der Waals surface area contributed by atoms with Crippen molar-refractivity contribution in [2.45, 2.75) is 25.3 Å². The van der Waals surface area contributed by atoms with Gasteiger partial charge in [-0.15, -0.1) is 0 Å². The third-order valence-electron chi connectivity index (χ3n) is 5.87. The molecule has 168 valence electrons. The molecule has 0 spiro atoms. The fraction of sp³-hybridized carbons (Fsp3) is 0.450. The van der Waals surface area contributed by atoms with Crippen molar-refractivity contribution < 1.29 is 23.1 Å². The topological polar surface area (TPSA) is 107 Å². The first kappa shape index (κ1) is 20.5. The minimum absolute atomic E-state index is 0.0664. The van der Waals surface area contributed by atoms with Crippen molar-refractivity contribution in [1.82, 2.24) is 24.4 Å². The molecule has 0 radical (unpaired) electrons. The van der Waals surface area contributed by atoms with Crippen LogP contribution in [0, 0.1) is 5.92 Å². The molecule has 1 saturated carbocycles. The largest absolute Gasteiger partial charge is 0.378 e. The Hall–Kier alpha value is -3.41. The lowest BCUT2D eigenvalue weighted by Crippen LogP contribution is -2.36. The van der Waals surface area contributed by atoms with Gasteiger partial charge < -0.3 is 19.7 Å². The molecule has 2 fully saturated rings. The summed E-state index contributed by atoms with van der Waals surface area (Å²) in [6, 6.07) is 1.67. The first-order valence-corrected chi connectivity index (χ1v) is 10.3. The van der Waals surface area contributed by atoms with Gasteiger partial charge in [-0.3, -0.25) is 9.48 Å². The molecule has 3 aromatic rings. The van der Waals surface area contributed by atoms with Gasteiger partial charge in [0.15, 0.2) is 11.3 Å². The molecule has 1 N–H and O–H groups in total. The van der Waals surface area contributed by atoms with Gasteiger partial charge in [0.2, 0.25) is 0 Å². The van der Waals surface area contributed by atoms with E-state index in [1.807, 2.05) is 4.90 Å². The molecular formula is C20H21F2N7O3. The van der Waals surface area contributed by atoms with Crippen LogP contribution in [0.5, 0.6) is 0 Å². The maximum Gasteiger partial charge on any atom is 0.284 e. The highest BCUT2D eigenvalue weighted by Crippen LogP contribution is 2.38. The van der Waals surface area contributed by atoms with E-state index in [4.69, 9.17) is 4.74 Å². The van der Waals surface area contributed by atoms with Crippen LogP contribution in [0.1, 0.15) is 41.4 Å². The Labute approximate surface area is 181 Å². The molecule has 32 heavy (non-hydrogen) atoms. The molecule has 1 aliphatic heterocycles. The summed E-state index contributed by atoms with van der Waals surface area (Å²) < 4.78 is 35.3. The zero-order chi connectivity index (χ0) is 22.2. The van der Waals surface area contributed by atoms with Crippen LogP contribution in [0.2, 0.25) is 0 Å². The average Bonchev–Trinajstić information content (AvgIpc) is 3.37. The quantitative estimate of drug-likeness (QED) is 0.579. The standard InChI is InChI=1S/C20H21F2N7O3/c21-18(22)17-15(10-29(26-17)13-7-12(8-13)11-30)24-20(31)14-9-23-28-2-1-16(25-19(14)28)27-3-5-32-6-4-27/h1-2,9-13,18H,3-8H2,(H,24,31)/t12-,13-. The first-order valence-electron chi connectivity index (χ1n) is 10.3. The van der Waals surface area contributed by atoms with Crippen LogP contribution in [0.4, 0.5) is 20.3 Å². The molecule has 10 nitrogen and oxygen atoms in total. The van der Waals surface area contributed by atoms with Crippen LogP contribution in [-0.4, -0.2) is 62.9 Å². The van der Waals surface area contributed by atoms with Gasteiger partial charge in [-0.25, -0.2) is 18.3 Å². The van der Waals surface area contributed by atoms with E-state index in [1.54, 1.807) is 12.3 Å². The number of fused-ring (bicyclic) bond motifs is 1. The fourth-order valence-electron chi connectivity index (χ4n) is 3.98. The van der Waals surface area contributed by atoms with Crippen molar-refractivity contribution in [2.75, 3.05) is 36.5 Å². The van der Waals surface area contributed by atoms with E-state index in [9.17, 15) is 18.4 Å². The lowest BCUT2D eigenvalue weighted by molar-refractivity contribution is -0.114. The number of ether oxygens (including phenoxy) is 1. The summed E-state index contributed by atoms with van der Waals surface area (Å²) in [5.74, 6) is 0.00127. The number of carbonyl (C=O) groups excluding carboxylic acids is 2. The van der Waals surface area contributed by atoms with Gasteiger partial charge in [-0.2, -0.15) is 10.2 Å².